The zero-order chi connectivity index (χ0) is 33.2. The quantitative estimate of drug-likeness (QED) is 0.312. The van der Waals surface area contributed by atoms with Crippen LogP contribution in [0.2, 0.25) is 10.0 Å². The predicted molar refractivity (Wildman–Crippen MR) is 179 cm³/mol. The SMILES string of the molecule is COc1nc(-c2cccc(-c3cccc(NC(=O)c4cn(C)c(=O)n(C)c4=O)c3Cl)c2Cl)cc2c1C(N1CC3(CCC(=O)N3)C1)CC2. The van der Waals surface area contributed by atoms with Crippen molar-refractivity contribution in [2.24, 2.45) is 14.1 Å². The number of aryl methyl sites for hydroxylation is 2. The molecule has 2 aromatic heterocycles. The Labute approximate surface area is 280 Å². The third-order valence-corrected chi connectivity index (χ3v) is 10.3. The fraction of sp³-hybridized carbons (Fsp3) is 0.324. The number of ether oxygens (including phenoxy) is 1. The van der Waals surface area contributed by atoms with E-state index < -0.39 is 17.2 Å². The minimum Gasteiger partial charge on any atom is -0.481 e. The molecular formula is C34H32Cl2N6O5. The van der Waals surface area contributed by atoms with Gasteiger partial charge in [-0.25, -0.2) is 9.78 Å². The second-order valence-corrected chi connectivity index (χ2v) is 13.2. The van der Waals surface area contributed by atoms with Gasteiger partial charge < -0.3 is 19.9 Å². The summed E-state index contributed by atoms with van der Waals surface area (Å²) in [5, 5.41) is 6.53. The predicted octanol–water partition coefficient (Wildman–Crippen LogP) is 4.33. The topological polar surface area (TPSA) is 128 Å². The summed E-state index contributed by atoms with van der Waals surface area (Å²) in [7, 11) is 4.40. The highest BCUT2D eigenvalue weighted by Crippen LogP contribution is 2.48. The standard InChI is InChI=1S/C34H32Cl2N6O5/c1-40-15-22(32(45)41(2)33(40)46)30(44)37-23-9-5-7-20(29(23)36)19-6-4-8-21(28(19)35)24-14-18-10-11-25(27(18)31(38-24)47-3)42-16-34(17-42)13-12-26(43)39-34/h4-9,14-15,25H,10-13,16-17H2,1-3H3,(H,37,44)(H,39,43). The van der Waals surface area contributed by atoms with Crippen LogP contribution in [0.3, 0.4) is 0 Å². The Balaban J connectivity index is 1.18. The van der Waals surface area contributed by atoms with Crippen LogP contribution < -0.4 is 26.6 Å². The molecule has 2 amide bonds. The van der Waals surface area contributed by atoms with Crippen LogP contribution in [0.5, 0.6) is 5.88 Å². The average molecular weight is 676 g/mol. The summed E-state index contributed by atoms with van der Waals surface area (Å²) in [6.45, 7) is 1.65. The number of hydrogen-bond acceptors (Lipinski definition) is 7. The van der Waals surface area contributed by atoms with Gasteiger partial charge in [0.2, 0.25) is 11.8 Å². The lowest BCUT2D eigenvalue weighted by molar-refractivity contribution is -0.121. The first-order valence-electron chi connectivity index (χ1n) is 15.3. The van der Waals surface area contributed by atoms with Gasteiger partial charge in [0.25, 0.3) is 11.5 Å². The van der Waals surface area contributed by atoms with Gasteiger partial charge in [-0.2, -0.15) is 0 Å². The molecule has 0 saturated carbocycles. The maximum atomic E-state index is 13.1. The van der Waals surface area contributed by atoms with Gasteiger partial charge in [0, 0.05) is 68.1 Å². The van der Waals surface area contributed by atoms with Gasteiger partial charge in [0.1, 0.15) is 5.56 Å². The summed E-state index contributed by atoms with van der Waals surface area (Å²) < 4.78 is 7.88. The van der Waals surface area contributed by atoms with E-state index in [-0.39, 0.29) is 33.8 Å². The zero-order valence-corrected chi connectivity index (χ0v) is 27.5. The Hall–Kier alpha value is -4.45. The summed E-state index contributed by atoms with van der Waals surface area (Å²) in [6.07, 6.45) is 4.47. The van der Waals surface area contributed by atoms with Crippen molar-refractivity contribution in [1.29, 1.82) is 0 Å². The molecule has 0 bridgehead atoms. The third kappa shape index (κ3) is 5.22. The number of halogens is 2. The van der Waals surface area contributed by atoms with Crippen LogP contribution in [-0.2, 0) is 25.3 Å². The number of fused-ring (bicyclic) bond motifs is 1. The van der Waals surface area contributed by atoms with E-state index in [4.69, 9.17) is 32.9 Å². The first kappa shape index (κ1) is 31.2. The number of amides is 2. The van der Waals surface area contributed by atoms with E-state index in [1.54, 1.807) is 25.3 Å². The molecule has 2 fully saturated rings. The van der Waals surface area contributed by atoms with Crippen molar-refractivity contribution < 1.29 is 14.3 Å². The number of aromatic nitrogens is 3. The number of benzene rings is 2. The molecule has 4 aromatic rings. The Morgan fingerprint density at radius 1 is 1.02 bits per heavy atom. The van der Waals surface area contributed by atoms with Gasteiger partial charge in [-0.1, -0.05) is 53.5 Å². The van der Waals surface area contributed by atoms with E-state index in [0.717, 1.165) is 48.0 Å². The van der Waals surface area contributed by atoms with E-state index in [1.165, 1.54) is 24.9 Å². The van der Waals surface area contributed by atoms with Crippen molar-refractivity contribution in [2.45, 2.75) is 37.3 Å². The molecule has 1 spiro atoms. The molecule has 2 aliphatic heterocycles. The number of carbonyl (C=O) groups excluding carboxylic acids is 2. The highest BCUT2D eigenvalue weighted by atomic mass is 35.5. The van der Waals surface area contributed by atoms with Gasteiger partial charge in [0.15, 0.2) is 0 Å². The molecule has 2 aromatic carbocycles. The van der Waals surface area contributed by atoms with Crippen LogP contribution in [0.1, 0.15) is 46.8 Å². The lowest BCUT2D eigenvalue weighted by Crippen LogP contribution is -2.67. The molecule has 13 heteroatoms. The van der Waals surface area contributed by atoms with Gasteiger partial charge in [-0.3, -0.25) is 23.9 Å². The summed E-state index contributed by atoms with van der Waals surface area (Å²) in [5.74, 6) is -0.00923. The van der Waals surface area contributed by atoms with Gasteiger partial charge in [-0.15, -0.1) is 0 Å². The average Bonchev–Trinajstić information content (AvgIpc) is 3.65. The monoisotopic (exact) mass is 674 g/mol. The molecule has 11 nitrogen and oxygen atoms in total. The molecule has 4 heterocycles. The summed E-state index contributed by atoms with van der Waals surface area (Å²) >= 11 is 13.9. The van der Waals surface area contributed by atoms with Crippen molar-refractivity contribution in [1.82, 2.24) is 24.3 Å². The summed E-state index contributed by atoms with van der Waals surface area (Å²) in [5.41, 5.74) is 3.53. The van der Waals surface area contributed by atoms with Crippen LogP contribution in [0, 0.1) is 0 Å². The number of nitrogens with one attached hydrogen (secondary N) is 2. The molecule has 2 N–H and O–H groups in total. The first-order valence-corrected chi connectivity index (χ1v) is 16.0. The largest absolute Gasteiger partial charge is 0.481 e. The Kier molecular flexibility index (Phi) is 7.73. The normalized spacial score (nSPS) is 18.1. The van der Waals surface area contributed by atoms with Crippen LogP contribution in [0.4, 0.5) is 5.69 Å². The first-order chi connectivity index (χ1) is 22.5. The molecule has 3 aliphatic rings. The molecule has 47 heavy (non-hydrogen) atoms. The minimum atomic E-state index is -0.715. The van der Waals surface area contributed by atoms with E-state index >= 15 is 0 Å². The number of anilines is 1. The Morgan fingerprint density at radius 2 is 1.72 bits per heavy atom. The van der Waals surface area contributed by atoms with Crippen LogP contribution in [0.25, 0.3) is 22.4 Å². The number of rotatable bonds is 6. The van der Waals surface area contributed by atoms with Gasteiger partial charge in [0.05, 0.1) is 34.1 Å². The maximum absolute atomic E-state index is 13.1. The molecule has 7 rings (SSSR count). The highest BCUT2D eigenvalue weighted by Gasteiger charge is 2.51. The fourth-order valence-electron chi connectivity index (χ4n) is 7.13. The van der Waals surface area contributed by atoms with E-state index in [2.05, 4.69) is 21.6 Å². The minimum absolute atomic E-state index is 0.103. The summed E-state index contributed by atoms with van der Waals surface area (Å²) in [6, 6.07) is 13.0. The number of nitrogens with zero attached hydrogens (tertiary/aromatic N) is 4. The van der Waals surface area contributed by atoms with Gasteiger partial charge in [-0.05, 0) is 37.0 Å². The van der Waals surface area contributed by atoms with Crippen molar-refractivity contribution >= 4 is 40.7 Å². The Bertz CT molecular complexity index is 2100. The van der Waals surface area contributed by atoms with Crippen molar-refractivity contribution in [2.75, 3.05) is 25.5 Å². The molecule has 1 atom stereocenters. The van der Waals surface area contributed by atoms with Crippen LogP contribution >= 0.6 is 23.2 Å². The van der Waals surface area contributed by atoms with Crippen molar-refractivity contribution in [3.05, 3.63) is 96.2 Å². The molecule has 0 radical (unpaired) electrons. The molecule has 2 saturated heterocycles. The molecular weight excluding hydrogens is 643 g/mol. The maximum Gasteiger partial charge on any atom is 0.330 e. The van der Waals surface area contributed by atoms with Crippen molar-refractivity contribution in [3.63, 3.8) is 0 Å². The zero-order valence-electron chi connectivity index (χ0n) is 26.0. The van der Waals surface area contributed by atoms with Crippen LogP contribution in [-0.4, -0.2) is 56.6 Å². The van der Waals surface area contributed by atoms with E-state index in [0.29, 0.717) is 39.7 Å². The smallest absolute Gasteiger partial charge is 0.330 e. The van der Waals surface area contributed by atoms with E-state index in [1.807, 2.05) is 18.2 Å². The van der Waals surface area contributed by atoms with Gasteiger partial charge >= 0.3 is 5.69 Å². The second-order valence-electron chi connectivity index (χ2n) is 12.5. The number of likely N-dealkylation sites (tertiary alicyclic amines) is 1. The lowest BCUT2D eigenvalue weighted by Gasteiger charge is -2.50. The van der Waals surface area contributed by atoms with Crippen molar-refractivity contribution in [3.8, 4) is 28.3 Å². The number of carbonyl (C=O) groups is 2. The number of pyridine rings is 1. The highest BCUT2D eigenvalue weighted by molar-refractivity contribution is 6.39. The fourth-order valence-corrected chi connectivity index (χ4v) is 7.73. The Morgan fingerprint density at radius 3 is 2.43 bits per heavy atom. The second kappa shape index (κ2) is 11.7. The van der Waals surface area contributed by atoms with E-state index in [9.17, 15) is 19.2 Å². The summed E-state index contributed by atoms with van der Waals surface area (Å²) in [4.78, 5) is 57.0. The number of methoxy groups -OCH3 is 1. The lowest BCUT2D eigenvalue weighted by atomic mass is 9.86. The molecule has 242 valence electrons. The third-order valence-electron chi connectivity index (χ3n) is 9.51. The molecule has 1 aliphatic carbocycles. The number of hydrogen-bond donors (Lipinski definition) is 2. The molecule has 1 unspecified atom stereocenters. The van der Waals surface area contributed by atoms with Crippen LogP contribution in [0.15, 0.2) is 58.3 Å².